The van der Waals surface area contributed by atoms with Crippen molar-refractivity contribution in [3.05, 3.63) is 41.9 Å². The summed E-state index contributed by atoms with van der Waals surface area (Å²) in [4.78, 5) is 18.4. The van der Waals surface area contributed by atoms with Crippen molar-refractivity contribution >= 4 is 32.5 Å². The standard InChI is InChI=1S/C18H20FN3O4S/c1-11(19)6-5-9-22-10-13-14(18(22)24)17(23)15-12(7-4-8-20-15)16(13)21(2)27(3,25)26/h4,7-8,23H,1,5-6,9-10H2,2-3H3. The third-order valence-corrected chi connectivity index (χ3v) is 5.83. The maximum atomic E-state index is 12.9. The molecule has 0 radical (unpaired) electrons. The minimum absolute atomic E-state index is 0.0470. The fraction of sp³-hybridized carbons (Fsp3) is 0.333. The van der Waals surface area contributed by atoms with Gasteiger partial charge in [0.05, 0.1) is 23.3 Å². The summed E-state index contributed by atoms with van der Waals surface area (Å²) in [7, 11) is -2.21. The van der Waals surface area contributed by atoms with E-state index in [9.17, 15) is 22.7 Å². The number of pyridine rings is 1. The summed E-state index contributed by atoms with van der Waals surface area (Å²) in [6.07, 6.45) is 3.04. The summed E-state index contributed by atoms with van der Waals surface area (Å²) < 4.78 is 38.3. The van der Waals surface area contributed by atoms with Crippen LogP contribution in [0.15, 0.2) is 30.7 Å². The molecule has 0 bridgehead atoms. The first kappa shape index (κ1) is 19.1. The van der Waals surface area contributed by atoms with Crippen molar-refractivity contribution in [3.63, 3.8) is 0 Å². The minimum Gasteiger partial charge on any atom is -0.505 e. The van der Waals surface area contributed by atoms with Crippen LogP contribution in [0.5, 0.6) is 5.75 Å². The lowest BCUT2D eigenvalue weighted by molar-refractivity contribution is 0.0774. The van der Waals surface area contributed by atoms with Gasteiger partial charge in [0, 0.05) is 43.7 Å². The van der Waals surface area contributed by atoms with E-state index >= 15 is 0 Å². The van der Waals surface area contributed by atoms with Crippen LogP contribution in [0.25, 0.3) is 10.9 Å². The Labute approximate surface area is 156 Å². The van der Waals surface area contributed by atoms with Gasteiger partial charge >= 0.3 is 0 Å². The molecule has 1 aliphatic rings. The number of amides is 1. The number of aromatic hydroxyl groups is 1. The highest BCUT2D eigenvalue weighted by Gasteiger charge is 2.36. The Morgan fingerprint density at radius 1 is 1.48 bits per heavy atom. The van der Waals surface area contributed by atoms with Crippen LogP contribution in [0.1, 0.15) is 28.8 Å². The van der Waals surface area contributed by atoms with Crippen molar-refractivity contribution in [1.29, 1.82) is 0 Å². The van der Waals surface area contributed by atoms with Gasteiger partial charge in [-0.05, 0) is 18.6 Å². The van der Waals surface area contributed by atoms with Gasteiger partial charge in [-0.25, -0.2) is 12.8 Å². The number of halogens is 1. The summed E-state index contributed by atoms with van der Waals surface area (Å²) in [5.74, 6) is -1.16. The predicted octanol–water partition coefficient (Wildman–Crippen LogP) is 2.56. The van der Waals surface area contributed by atoms with Crippen molar-refractivity contribution in [2.75, 3.05) is 24.2 Å². The molecule has 3 rings (SSSR count). The lowest BCUT2D eigenvalue weighted by atomic mass is 10.0. The van der Waals surface area contributed by atoms with Crippen molar-refractivity contribution in [3.8, 4) is 5.75 Å². The molecule has 1 aromatic carbocycles. The van der Waals surface area contributed by atoms with Gasteiger partial charge < -0.3 is 10.0 Å². The van der Waals surface area contributed by atoms with Gasteiger partial charge in [-0.1, -0.05) is 6.58 Å². The maximum Gasteiger partial charge on any atom is 0.258 e. The number of aromatic nitrogens is 1. The number of sulfonamides is 1. The van der Waals surface area contributed by atoms with Crippen LogP contribution in [0.4, 0.5) is 10.1 Å². The van der Waals surface area contributed by atoms with Gasteiger partial charge in [-0.15, -0.1) is 0 Å². The summed E-state index contributed by atoms with van der Waals surface area (Å²) in [6, 6.07) is 3.29. The molecule has 0 unspecified atom stereocenters. The first-order valence-electron chi connectivity index (χ1n) is 8.32. The van der Waals surface area contributed by atoms with Crippen molar-refractivity contribution in [2.24, 2.45) is 0 Å². The second-order valence-electron chi connectivity index (χ2n) is 6.53. The van der Waals surface area contributed by atoms with Crippen molar-refractivity contribution in [2.45, 2.75) is 19.4 Å². The normalized spacial score (nSPS) is 13.9. The van der Waals surface area contributed by atoms with Gasteiger partial charge in [0.1, 0.15) is 5.52 Å². The molecule has 9 heteroatoms. The number of rotatable bonds is 6. The van der Waals surface area contributed by atoms with Gasteiger partial charge in [-0.3, -0.25) is 14.1 Å². The molecule has 0 aliphatic carbocycles. The van der Waals surface area contributed by atoms with E-state index in [1.165, 1.54) is 18.1 Å². The van der Waals surface area contributed by atoms with Crippen molar-refractivity contribution in [1.82, 2.24) is 9.88 Å². The van der Waals surface area contributed by atoms with E-state index in [0.29, 0.717) is 23.1 Å². The molecule has 0 fully saturated rings. The van der Waals surface area contributed by atoms with E-state index in [1.54, 1.807) is 12.1 Å². The van der Waals surface area contributed by atoms with Crippen LogP contribution >= 0.6 is 0 Å². The van der Waals surface area contributed by atoms with Gasteiger partial charge in [0.15, 0.2) is 5.75 Å². The smallest absolute Gasteiger partial charge is 0.258 e. The van der Waals surface area contributed by atoms with Gasteiger partial charge in [0.2, 0.25) is 10.0 Å². The number of hydrogen-bond donors (Lipinski definition) is 1. The highest BCUT2D eigenvalue weighted by Crippen LogP contribution is 2.44. The van der Waals surface area contributed by atoms with E-state index in [-0.39, 0.29) is 36.3 Å². The Balaban J connectivity index is 2.16. The number of hydrogen-bond acceptors (Lipinski definition) is 5. The van der Waals surface area contributed by atoms with E-state index in [1.807, 2.05) is 0 Å². The number of fused-ring (bicyclic) bond motifs is 2. The Bertz CT molecular complexity index is 1050. The molecular formula is C18H20FN3O4S. The first-order valence-corrected chi connectivity index (χ1v) is 10.2. The van der Waals surface area contributed by atoms with E-state index < -0.39 is 21.8 Å². The largest absolute Gasteiger partial charge is 0.505 e. The van der Waals surface area contributed by atoms with Crippen molar-refractivity contribution < 1.29 is 22.7 Å². The van der Waals surface area contributed by atoms with Crippen LogP contribution in [0, 0.1) is 0 Å². The highest BCUT2D eigenvalue weighted by atomic mass is 32.2. The Morgan fingerprint density at radius 2 is 2.19 bits per heavy atom. The van der Waals surface area contributed by atoms with Crippen LogP contribution in [0.3, 0.4) is 0 Å². The average molecular weight is 393 g/mol. The summed E-state index contributed by atoms with van der Waals surface area (Å²) in [6.45, 7) is 3.59. The highest BCUT2D eigenvalue weighted by molar-refractivity contribution is 7.92. The molecule has 1 amide bonds. The monoisotopic (exact) mass is 393 g/mol. The molecular weight excluding hydrogens is 373 g/mol. The van der Waals surface area contributed by atoms with E-state index in [4.69, 9.17) is 0 Å². The molecule has 144 valence electrons. The first-order chi connectivity index (χ1) is 12.6. The molecule has 1 aliphatic heterocycles. The molecule has 1 aromatic heterocycles. The van der Waals surface area contributed by atoms with Crippen LogP contribution in [-0.4, -0.2) is 49.2 Å². The zero-order valence-electron chi connectivity index (χ0n) is 15.1. The topological polar surface area (TPSA) is 90.8 Å². The third kappa shape index (κ3) is 3.34. The maximum absolute atomic E-state index is 12.9. The van der Waals surface area contributed by atoms with Crippen LogP contribution < -0.4 is 4.31 Å². The summed E-state index contributed by atoms with van der Waals surface area (Å²) in [5, 5.41) is 11.1. The molecule has 0 saturated heterocycles. The molecule has 7 nitrogen and oxygen atoms in total. The number of carbonyl (C=O) groups is 1. The number of anilines is 1. The van der Waals surface area contributed by atoms with Crippen LogP contribution in [0.2, 0.25) is 0 Å². The lowest BCUT2D eigenvalue weighted by Gasteiger charge is -2.22. The Hall–Kier alpha value is -2.68. The van der Waals surface area contributed by atoms with E-state index in [0.717, 1.165) is 10.6 Å². The average Bonchev–Trinajstić information content (AvgIpc) is 2.91. The van der Waals surface area contributed by atoms with E-state index in [2.05, 4.69) is 11.6 Å². The Morgan fingerprint density at radius 3 is 2.81 bits per heavy atom. The number of phenols is 1. The molecule has 2 heterocycles. The molecule has 0 saturated carbocycles. The molecule has 27 heavy (non-hydrogen) atoms. The second kappa shape index (κ2) is 6.80. The molecule has 1 N–H and O–H groups in total. The molecule has 0 spiro atoms. The zero-order chi connectivity index (χ0) is 19.9. The van der Waals surface area contributed by atoms with Gasteiger partial charge in [-0.2, -0.15) is 0 Å². The fourth-order valence-electron chi connectivity index (χ4n) is 3.30. The van der Waals surface area contributed by atoms with Gasteiger partial charge in [0.25, 0.3) is 5.91 Å². The second-order valence-corrected chi connectivity index (χ2v) is 8.54. The number of nitrogens with zero attached hydrogens (tertiary/aromatic N) is 3. The zero-order valence-corrected chi connectivity index (χ0v) is 15.9. The lowest BCUT2D eigenvalue weighted by Crippen LogP contribution is -2.27. The third-order valence-electron chi connectivity index (χ3n) is 4.65. The number of carbonyl (C=O) groups excluding carboxylic acids is 1. The fourth-order valence-corrected chi connectivity index (χ4v) is 3.84. The Kier molecular flexibility index (Phi) is 4.81. The number of benzene rings is 1. The number of phenolic OH excluding ortho intramolecular Hbond substituents is 1. The summed E-state index contributed by atoms with van der Waals surface area (Å²) >= 11 is 0. The molecule has 2 aromatic rings. The number of allylic oxidation sites excluding steroid dienone is 1. The minimum atomic E-state index is -3.61. The SMILES string of the molecule is C=C(F)CCCN1Cc2c(c(O)c3ncccc3c2N(C)S(C)(=O)=O)C1=O. The summed E-state index contributed by atoms with van der Waals surface area (Å²) in [5.41, 5.74) is 0.948. The quantitative estimate of drug-likeness (QED) is 0.815. The molecule has 0 atom stereocenters. The van der Waals surface area contributed by atoms with Crippen LogP contribution in [-0.2, 0) is 16.6 Å². The predicted molar refractivity (Wildman–Crippen MR) is 101 cm³/mol.